The van der Waals surface area contributed by atoms with E-state index in [9.17, 15) is 0 Å². The third-order valence-corrected chi connectivity index (χ3v) is 5.04. The summed E-state index contributed by atoms with van der Waals surface area (Å²) in [5.41, 5.74) is 1.12. The fraction of sp³-hybridized carbons (Fsp3) is 0. The molecule has 1 nitrogen and oxygen atoms in total. The summed E-state index contributed by atoms with van der Waals surface area (Å²) in [7, 11) is -0.122. The van der Waals surface area contributed by atoms with Gasteiger partial charge in [0.25, 0.3) is 0 Å². The number of hydrogen-bond donors (Lipinski definition) is 1. The first-order valence-corrected chi connectivity index (χ1v) is 5.95. The van der Waals surface area contributed by atoms with E-state index in [0.29, 0.717) is 0 Å². The Hall–Kier alpha value is -0.0205. The number of thiocarbonyl (C=S) groups is 1. The van der Waals surface area contributed by atoms with Crippen LogP contribution in [-0.2, 0) is 14.4 Å². The summed E-state index contributed by atoms with van der Waals surface area (Å²) in [6.07, 6.45) is 0. The van der Waals surface area contributed by atoms with E-state index in [1.165, 1.54) is 4.90 Å². The second-order valence-electron chi connectivity index (χ2n) is 2.16. The van der Waals surface area contributed by atoms with Crippen LogP contribution in [0.25, 0.3) is 0 Å². The number of hydrogen-bond acceptors (Lipinski definition) is 1. The monoisotopic (exact) mass is 223 g/mol. The number of nitrogens with one attached hydrogen (secondary N) is 1. The van der Waals surface area contributed by atoms with Gasteiger partial charge in [-0.15, -0.1) is 0 Å². The maximum atomic E-state index is 5.09. The van der Waals surface area contributed by atoms with E-state index in [2.05, 4.69) is 25.8 Å². The summed E-state index contributed by atoms with van der Waals surface area (Å²) in [6.45, 7) is 0. The van der Waals surface area contributed by atoms with E-state index < -0.39 is 0 Å². The quantitative estimate of drug-likeness (QED) is 0.412. The molecule has 2 rings (SSSR count). The normalized spacial score (nSPS) is 21.2. The Morgan fingerprint density at radius 2 is 2.09 bits per heavy atom. The van der Waals surface area contributed by atoms with E-state index >= 15 is 0 Å². The molecule has 0 spiro atoms. The summed E-state index contributed by atoms with van der Waals surface area (Å²) in [5.74, 6) is 0. The van der Waals surface area contributed by atoms with Crippen LogP contribution >= 0.6 is 21.0 Å². The molecular weight excluding hydrogens is 218 g/mol. The molecule has 1 N–H and O–H groups in total. The Morgan fingerprint density at radius 3 is 2.82 bits per heavy atom. The van der Waals surface area contributed by atoms with Crippen molar-refractivity contribution in [2.45, 2.75) is 4.90 Å². The Morgan fingerprint density at radius 1 is 1.36 bits per heavy atom. The van der Waals surface area contributed by atoms with Crippen molar-refractivity contribution in [3.05, 3.63) is 24.3 Å². The third kappa shape index (κ3) is 1.20. The molecule has 4 heteroatoms. The Balaban J connectivity index is 2.64. The molecule has 1 aliphatic heterocycles. The molecule has 0 aromatic heterocycles. The molecule has 1 atom stereocenters. The molecule has 0 aliphatic carbocycles. The van der Waals surface area contributed by atoms with Crippen molar-refractivity contribution in [2.75, 3.05) is 5.32 Å². The van der Waals surface area contributed by atoms with Gasteiger partial charge in [-0.3, -0.25) is 0 Å². The van der Waals surface area contributed by atoms with Gasteiger partial charge in [-0.05, 0) is 0 Å². The van der Waals surface area contributed by atoms with Gasteiger partial charge in [0.1, 0.15) is 0 Å². The van der Waals surface area contributed by atoms with E-state index in [-0.39, 0.29) is 8.82 Å². The molecule has 0 bridgehead atoms. The second-order valence-corrected chi connectivity index (χ2v) is 5.51. The third-order valence-electron chi connectivity index (χ3n) is 1.47. The van der Waals surface area contributed by atoms with Crippen LogP contribution < -0.4 is 5.32 Å². The van der Waals surface area contributed by atoms with Gasteiger partial charge in [0.2, 0.25) is 0 Å². The standard InChI is InChI=1S/C7H5NS2.Fe/c9-7-8-5-3-1-2-4-6(5)10-7;/h1-4H,(H,8,9);. The maximum absolute atomic E-state index is 5.09. The van der Waals surface area contributed by atoms with Crippen LogP contribution in [0.1, 0.15) is 0 Å². The molecule has 58 valence electrons. The van der Waals surface area contributed by atoms with Gasteiger partial charge in [-0.2, -0.15) is 0 Å². The van der Waals surface area contributed by atoms with E-state index in [0.717, 1.165) is 10.0 Å². The topological polar surface area (TPSA) is 12.0 Å². The first-order chi connectivity index (χ1) is 5.29. The molecule has 1 aliphatic rings. The van der Waals surface area contributed by atoms with Gasteiger partial charge in [-0.25, -0.2) is 0 Å². The van der Waals surface area contributed by atoms with Crippen LogP contribution in [0.2, 0.25) is 0 Å². The number of benzene rings is 1. The van der Waals surface area contributed by atoms with E-state index in [1.54, 1.807) is 0 Å². The molecule has 1 unspecified atom stereocenters. The average molecular weight is 223 g/mol. The molecule has 0 saturated heterocycles. The number of anilines is 1. The van der Waals surface area contributed by atoms with Gasteiger partial charge >= 0.3 is 79.9 Å². The summed E-state index contributed by atoms with van der Waals surface area (Å²) in [6, 6.07) is 8.11. The Kier molecular flexibility index (Phi) is 1.93. The van der Waals surface area contributed by atoms with Gasteiger partial charge in [-0.1, -0.05) is 0 Å². The van der Waals surface area contributed by atoms with Crippen molar-refractivity contribution in [1.82, 2.24) is 0 Å². The zero-order valence-corrected chi connectivity index (χ0v) is 8.22. The van der Waals surface area contributed by atoms with E-state index in [4.69, 9.17) is 12.2 Å². The van der Waals surface area contributed by atoms with Crippen LogP contribution in [-0.4, -0.2) is 4.32 Å². The fourth-order valence-corrected chi connectivity index (χ4v) is 3.01. The average Bonchev–Trinajstić information content (AvgIpc) is 2.30. The summed E-state index contributed by atoms with van der Waals surface area (Å²) >= 11 is 9.07. The van der Waals surface area contributed by atoms with Crippen LogP contribution in [0.5, 0.6) is 0 Å². The van der Waals surface area contributed by atoms with Crippen LogP contribution in [0.15, 0.2) is 29.2 Å². The van der Waals surface area contributed by atoms with Gasteiger partial charge in [0.15, 0.2) is 0 Å². The van der Waals surface area contributed by atoms with Gasteiger partial charge in [0, 0.05) is 0 Å². The van der Waals surface area contributed by atoms with E-state index in [1.807, 2.05) is 18.2 Å². The first kappa shape index (κ1) is 7.62. The summed E-state index contributed by atoms with van der Waals surface area (Å²) < 4.78 is 0.853. The minimum absolute atomic E-state index is 0.122. The van der Waals surface area contributed by atoms with Crippen molar-refractivity contribution in [3.8, 4) is 0 Å². The second kappa shape index (κ2) is 2.79. The van der Waals surface area contributed by atoms with Crippen LogP contribution in [0, 0.1) is 0 Å². The van der Waals surface area contributed by atoms with Gasteiger partial charge < -0.3 is 0 Å². The predicted molar refractivity (Wildman–Crippen MR) is 48.5 cm³/mol. The molecule has 0 saturated carbocycles. The zero-order chi connectivity index (χ0) is 7.84. The van der Waals surface area contributed by atoms with Crippen molar-refractivity contribution < 1.29 is 14.4 Å². The van der Waals surface area contributed by atoms with Crippen LogP contribution in [0.3, 0.4) is 0 Å². The van der Waals surface area contributed by atoms with Crippen LogP contribution in [0.4, 0.5) is 5.69 Å². The predicted octanol–water partition coefficient (Wildman–Crippen LogP) is 2.49. The SMILES string of the molecule is S=C1Nc2ccccc2[S]1=[Fe]. The molecular formula is C7H5FeNS2. The first-order valence-electron chi connectivity index (χ1n) is 3.08. The Labute approximate surface area is 79.8 Å². The molecule has 1 heterocycles. The molecule has 0 fully saturated rings. The summed E-state index contributed by atoms with van der Waals surface area (Å²) in [5, 5.41) is 3.13. The summed E-state index contributed by atoms with van der Waals surface area (Å²) in [4.78, 5) is 1.23. The fourth-order valence-electron chi connectivity index (χ4n) is 0.975. The molecule has 1 aromatic rings. The van der Waals surface area contributed by atoms with Crippen molar-refractivity contribution in [1.29, 1.82) is 0 Å². The number of fused-ring (bicyclic) bond motifs is 1. The van der Waals surface area contributed by atoms with Crippen molar-refractivity contribution in [3.63, 3.8) is 0 Å². The number of para-hydroxylation sites is 1. The van der Waals surface area contributed by atoms with Crippen molar-refractivity contribution >= 4 is 31.0 Å². The van der Waals surface area contributed by atoms with Crippen molar-refractivity contribution in [2.24, 2.45) is 0 Å². The molecule has 0 amide bonds. The Bertz CT molecular complexity index is 348. The number of rotatable bonds is 0. The molecule has 1 aromatic carbocycles. The van der Waals surface area contributed by atoms with Gasteiger partial charge in [0.05, 0.1) is 0 Å². The molecule has 0 radical (unpaired) electrons. The minimum atomic E-state index is -0.122. The zero-order valence-electron chi connectivity index (χ0n) is 5.48. The molecule has 11 heavy (non-hydrogen) atoms.